The van der Waals surface area contributed by atoms with Gasteiger partial charge in [-0.05, 0) is 69.8 Å². The minimum Gasteiger partial charge on any atom is -0.462 e. The largest absolute Gasteiger partial charge is 0.462 e. The molecule has 0 amide bonds. The summed E-state index contributed by atoms with van der Waals surface area (Å²) in [5.74, 6) is -2.56. The molecule has 15 nitrogen and oxygen atoms in total. The highest BCUT2D eigenvalue weighted by atomic mass is 16.7. The SMILES string of the molecule is C/C=N/O[C@H]1[C@H](C)O[C@@H](O[C@H]2[C@H](C)O[C@@H](O[C@@H]3/C(C)=C/C[C@@H]4C[C@@H](C[C@]5(C=C[C@H](C)[C@@H]([C@@H](C)CC)O5)O4)OC(=O)[C@@H]4C=C(C)[C@@H](O)[C@H]5OC/C(=C\C=C\[C@@H]3C)[C@]54O)C[C@@H]2OC)C[C@@H]1OC. The number of oxime groups is 1. The van der Waals surface area contributed by atoms with Gasteiger partial charge in [0.1, 0.15) is 42.0 Å². The minimum atomic E-state index is -1.84. The Hall–Kier alpha value is -2.80. The van der Waals surface area contributed by atoms with E-state index in [0.717, 1.165) is 12.0 Å². The van der Waals surface area contributed by atoms with Crippen LogP contribution >= 0.6 is 0 Å². The molecule has 4 saturated heterocycles. The number of aliphatic hydroxyl groups is 2. The number of nitrogens with zero attached hydrogens (tertiary/aromatic N) is 1. The highest BCUT2D eigenvalue weighted by molar-refractivity contribution is 5.78. The van der Waals surface area contributed by atoms with Crippen molar-refractivity contribution >= 4 is 12.2 Å². The van der Waals surface area contributed by atoms with Crippen molar-refractivity contribution in [2.45, 2.75) is 198 Å². The summed E-state index contributed by atoms with van der Waals surface area (Å²) in [5.41, 5.74) is 0.143. The van der Waals surface area contributed by atoms with Crippen LogP contribution < -0.4 is 0 Å². The molecular formula is C50H75NO14. The quantitative estimate of drug-likeness (QED) is 0.107. The van der Waals surface area contributed by atoms with E-state index in [1.54, 1.807) is 46.4 Å². The van der Waals surface area contributed by atoms with Crippen molar-refractivity contribution in [3.05, 3.63) is 59.3 Å². The summed E-state index contributed by atoms with van der Waals surface area (Å²) in [6.07, 6.45) is 10.9. The molecule has 4 fully saturated rings. The van der Waals surface area contributed by atoms with E-state index in [0.29, 0.717) is 43.3 Å². The van der Waals surface area contributed by atoms with Gasteiger partial charge in [-0.15, -0.1) is 0 Å². The topological polar surface area (TPSA) is 171 Å². The molecule has 0 saturated carbocycles. The summed E-state index contributed by atoms with van der Waals surface area (Å²) in [6.45, 7) is 18.0. The first-order chi connectivity index (χ1) is 31.0. The zero-order valence-corrected chi connectivity index (χ0v) is 40.2. The summed E-state index contributed by atoms with van der Waals surface area (Å²) in [5, 5.41) is 27.7. The molecular weight excluding hydrogens is 839 g/mol. The van der Waals surface area contributed by atoms with Crippen molar-refractivity contribution in [1.82, 2.24) is 0 Å². The molecule has 364 valence electrons. The standard InChI is InChI=1S/C50H75NO14/c1-12-27(3)44-30(6)19-20-49(64-44)25-36-22-35(63-49)18-17-29(5)43(28(4)15-14-16-34-26-57-47-42(52)31(7)21-37(48(53)60-36)50(34,47)54)61-40-23-38(55-10)45(32(8)58-40)62-41-24-39(56-11)46(33(9)59-41)65-51-13-2/h13-17,19-21,27-28,30,32-33,35-47,52,54H,12,18,22-26H2,1-11H3/b15-14+,29-17+,34-16+,51-13+/t27-,28-,30-,32-,33-,35+,36-,37-,38-,39-,40-,41-,42+,43-,44+,45-,46-,47+,49+,50+/m0/s1. The lowest BCUT2D eigenvalue weighted by Crippen LogP contribution is -2.58. The third-order valence-corrected chi connectivity index (χ3v) is 14.8. The normalized spacial score (nSPS) is 47.5. The molecule has 2 bridgehead atoms. The Bertz CT molecular complexity index is 1830. The number of hydrogen-bond acceptors (Lipinski definition) is 15. The van der Waals surface area contributed by atoms with Gasteiger partial charge in [0, 0.05) is 58.0 Å². The van der Waals surface area contributed by atoms with Crippen molar-refractivity contribution in [1.29, 1.82) is 0 Å². The second-order valence-corrected chi connectivity index (χ2v) is 19.4. The lowest BCUT2D eigenvalue weighted by Gasteiger charge is -2.48. The molecule has 0 aromatic carbocycles. The van der Waals surface area contributed by atoms with Gasteiger partial charge in [-0.3, -0.25) is 4.79 Å². The van der Waals surface area contributed by atoms with Crippen molar-refractivity contribution in [2.24, 2.45) is 28.8 Å². The second-order valence-electron chi connectivity index (χ2n) is 19.4. The van der Waals surface area contributed by atoms with Crippen LogP contribution in [0.15, 0.2) is 64.4 Å². The number of esters is 1. The minimum absolute atomic E-state index is 0.0329. The molecule has 65 heavy (non-hydrogen) atoms. The summed E-state index contributed by atoms with van der Waals surface area (Å²) >= 11 is 0. The number of fused-ring (bicyclic) bond motifs is 2. The third kappa shape index (κ3) is 10.6. The first kappa shape index (κ1) is 50.1. The number of methoxy groups -OCH3 is 2. The van der Waals surface area contributed by atoms with Crippen molar-refractivity contribution in [3.63, 3.8) is 0 Å². The van der Waals surface area contributed by atoms with E-state index in [9.17, 15) is 15.0 Å². The first-order valence-corrected chi connectivity index (χ1v) is 23.9. The molecule has 6 aliphatic heterocycles. The van der Waals surface area contributed by atoms with Gasteiger partial charge in [0.25, 0.3) is 0 Å². The summed E-state index contributed by atoms with van der Waals surface area (Å²) < 4.78 is 64.5. The Morgan fingerprint density at radius 3 is 2.31 bits per heavy atom. The molecule has 20 atom stereocenters. The van der Waals surface area contributed by atoms with Gasteiger partial charge in [-0.2, -0.15) is 0 Å². The molecule has 0 aromatic rings. The Labute approximate surface area is 385 Å². The van der Waals surface area contributed by atoms with Crippen LogP contribution in [0, 0.1) is 23.7 Å². The number of aliphatic hydroxyl groups excluding tert-OH is 1. The van der Waals surface area contributed by atoms with E-state index in [4.69, 9.17) is 52.2 Å². The molecule has 2 N–H and O–H groups in total. The highest BCUT2D eigenvalue weighted by Gasteiger charge is 2.60. The van der Waals surface area contributed by atoms with Crippen LogP contribution in [0.5, 0.6) is 0 Å². The predicted octanol–water partition coefficient (Wildman–Crippen LogP) is 6.41. The maximum atomic E-state index is 14.4. The fourth-order valence-corrected chi connectivity index (χ4v) is 10.8. The average molecular weight is 914 g/mol. The lowest BCUT2D eigenvalue weighted by molar-refractivity contribution is -0.321. The van der Waals surface area contributed by atoms with Crippen LogP contribution in [0.2, 0.25) is 0 Å². The maximum Gasteiger partial charge on any atom is 0.316 e. The molecule has 15 heteroatoms. The van der Waals surface area contributed by atoms with E-state index in [1.165, 1.54) is 0 Å². The van der Waals surface area contributed by atoms with Crippen LogP contribution in [0.1, 0.15) is 101 Å². The van der Waals surface area contributed by atoms with Gasteiger partial charge in [0.15, 0.2) is 24.5 Å². The average Bonchev–Trinajstić information content (AvgIpc) is 3.62. The van der Waals surface area contributed by atoms with E-state index < -0.39 is 72.5 Å². The van der Waals surface area contributed by atoms with Crippen molar-refractivity contribution in [2.75, 3.05) is 20.8 Å². The van der Waals surface area contributed by atoms with Crippen molar-refractivity contribution < 1.29 is 67.2 Å². The Morgan fingerprint density at radius 1 is 0.923 bits per heavy atom. The van der Waals surface area contributed by atoms with Gasteiger partial charge in [0.2, 0.25) is 0 Å². The van der Waals surface area contributed by atoms with E-state index in [1.807, 2.05) is 39.0 Å². The van der Waals surface area contributed by atoms with Crippen molar-refractivity contribution in [3.8, 4) is 0 Å². The van der Waals surface area contributed by atoms with Crippen LogP contribution in [0.4, 0.5) is 0 Å². The summed E-state index contributed by atoms with van der Waals surface area (Å²) in [6, 6.07) is 0. The van der Waals surface area contributed by atoms with E-state index in [-0.39, 0.29) is 61.0 Å². The number of rotatable bonds is 10. The molecule has 0 aromatic heterocycles. The lowest BCUT2D eigenvalue weighted by atomic mass is 9.71. The van der Waals surface area contributed by atoms with E-state index in [2.05, 4.69) is 45.0 Å². The highest BCUT2D eigenvalue weighted by Crippen LogP contribution is 2.47. The van der Waals surface area contributed by atoms with Gasteiger partial charge in [-0.1, -0.05) is 75.7 Å². The number of carbonyl (C=O) groups excluding carboxylic acids is 1. The molecule has 6 heterocycles. The fourth-order valence-electron chi connectivity index (χ4n) is 10.8. The Balaban J connectivity index is 1.16. The van der Waals surface area contributed by atoms with Crippen LogP contribution in [-0.4, -0.2) is 140 Å². The molecule has 7 aliphatic rings. The maximum absolute atomic E-state index is 14.4. The Kier molecular flexibility index (Phi) is 16.4. The number of carbonyl (C=O) groups is 1. The van der Waals surface area contributed by atoms with Gasteiger partial charge >= 0.3 is 5.97 Å². The smallest absolute Gasteiger partial charge is 0.316 e. The fraction of sp³-hybridized carbons (Fsp3) is 0.760. The summed E-state index contributed by atoms with van der Waals surface area (Å²) in [7, 11) is 3.31. The molecule has 7 rings (SSSR count). The number of ether oxygens (including phenoxy) is 10. The number of hydrogen-bond donors (Lipinski definition) is 2. The number of allylic oxidation sites excluding steroid dienone is 2. The zero-order chi connectivity index (χ0) is 46.8. The van der Waals surface area contributed by atoms with E-state index >= 15 is 0 Å². The van der Waals surface area contributed by atoms with Crippen LogP contribution in [0.25, 0.3) is 0 Å². The summed E-state index contributed by atoms with van der Waals surface area (Å²) in [4.78, 5) is 20.0. The molecule has 1 spiro atoms. The van der Waals surface area contributed by atoms with Crippen LogP contribution in [0.3, 0.4) is 0 Å². The van der Waals surface area contributed by atoms with Gasteiger partial charge in [0.05, 0.1) is 43.2 Å². The molecule has 0 radical (unpaired) electrons. The monoisotopic (exact) mass is 914 g/mol. The van der Waals surface area contributed by atoms with Gasteiger partial charge in [-0.25, -0.2) is 0 Å². The second kappa shape index (κ2) is 21.2. The third-order valence-electron chi connectivity index (χ3n) is 14.8. The molecule has 1 aliphatic carbocycles. The predicted molar refractivity (Wildman–Crippen MR) is 240 cm³/mol. The Morgan fingerprint density at radius 2 is 1.62 bits per heavy atom. The van der Waals surface area contributed by atoms with Gasteiger partial charge < -0.3 is 62.4 Å². The zero-order valence-electron chi connectivity index (χ0n) is 40.2. The van der Waals surface area contributed by atoms with Crippen LogP contribution in [-0.2, 0) is 57.0 Å². The first-order valence-electron chi connectivity index (χ1n) is 23.9. The molecule has 0 unspecified atom stereocenters.